The van der Waals surface area contributed by atoms with E-state index in [0.717, 1.165) is 24.8 Å². The first-order valence-corrected chi connectivity index (χ1v) is 10.9. The average Bonchev–Trinajstić information content (AvgIpc) is 2.64. The van der Waals surface area contributed by atoms with Crippen LogP contribution in [0, 0.1) is 13.8 Å². The lowest BCUT2D eigenvalue weighted by atomic mass is 10.0. The lowest BCUT2D eigenvalue weighted by molar-refractivity contribution is -0.141. The summed E-state index contributed by atoms with van der Waals surface area (Å²) in [5.41, 5.74) is 1.38. The van der Waals surface area contributed by atoms with E-state index in [2.05, 4.69) is 4.74 Å². The number of hydrogen-bond acceptors (Lipinski definition) is 4. The molecule has 0 radical (unpaired) electrons. The molecule has 1 aromatic carbocycles. The zero-order valence-corrected chi connectivity index (χ0v) is 17.9. The Bertz CT molecular complexity index is 718. The van der Waals surface area contributed by atoms with E-state index in [1.54, 1.807) is 30.3 Å². The summed E-state index contributed by atoms with van der Waals surface area (Å²) in [5.74, 6) is -0.309. The van der Waals surface area contributed by atoms with Gasteiger partial charge in [-0.1, -0.05) is 31.9 Å². The molecule has 1 atom stereocenters. The molecule has 7 heteroatoms. The van der Waals surface area contributed by atoms with E-state index in [1.165, 1.54) is 7.11 Å². The number of sulfonamides is 1. The third-order valence-electron chi connectivity index (χ3n) is 4.53. The molecule has 0 bridgehead atoms. The first-order valence-electron chi connectivity index (χ1n) is 9.12. The molecule has 0 amide bonds. The predicted molar refractivity (Wildman–Crippen MR) is 105 cm³/mol. The van der Waals surface area contributed by atoms with Crippen LogP contribution >= 0.6 is 11.6 Å². The SMILES string of the molecule is CC.COC(=O)CCC1CCCCN1S(=O)(=O)c1cc(C)c(Cl)cc1C. The van der Waals surface area contributed by atoms with Gasteiger partial charge < -0.3 is 4.74 Å². The highest BCUT2D eigenvalue weighted by Crippen LogP contribution is 2.31. The molecule has 2 rings (SSSR count). The maximum absolute atomic E-state index is 13.2. The van der Waals surface area contributed by atoms with Crippen molar-refractivity contribution in [3.63, 3.8) is 0 Å². The summed E-state index contributed by atoms with van der Waals surface area (Å²) < 4.78 is 32.5. The summed E-state index contributed by atoms with van der Waals surface area (Å²) >= 11 is 6.09. The van der Waals surface area contributed by atoms with Crippen molar-refractivity contribution >= 4 is 27.6 Å². The molecule has 1 aliphatic heterocycles. The Hall–Kier alpha value is -1.11. The van der Waals surface area contributed by atoms with Crippen molar-refractivity contribution < 1.29 is 17.9 Å². The van der Waals surface area contributed by atoms with Gasteiger partial charge in [0.15, 0.2) is 0 Å². The van der Waals surface area contributed by atoms with Gasteiger partial charge in [0.2, 0.25) is 10.0 Å². The van der Waals surface area contributed by atoms with Crippen LogP contribution in [-0.4, -0.2) is 38.4 Å². The van der Waals surface area contributed by atoms with Gasteiger partial charge in [0.05, 0.1) is 12.0 Å². The first-order chi connectivity index (χ1) is 12.3. The number of aryl methyl sites for hydroxylation is 2. The van der Waals surface area contributed by atoms with Crippen molar-refractivity contribution in [3.8, 4) is 0 Å². The van der Waals surface area contributed by atoms with Crippen LogP contribution in [0.2, 0.25) is 5.02 Å². The quantitative estimate of drug-likeness (QED) is 0.680. The van der Waals surface area contributed by atoms with Gasteiger partial charge >= 0.3 is 5.97 Å². The highest BCUT2D eigenvalue weighted by atomic mass is 35.5. The van der Waals surface area contributed by atoms with Crippen LogP contribution in [0.25, 0.3) is 0 Å². The summed E-state index contributed by atoms with van der Waals surface area (Å²) in [7, 11) is -2.27. The minimum absolute atomic E-state index is 0.168. The number of hydrogen-bond donors (Lipinski definition) is 0. The molecule has 0 aromatic heterocycles. The van der Waals surface area contributed by atoms with E-state index in [-0.39, 0.29) is 18.4 Å². The minimum atomic E-state index is -3.61. The molecule has 1 heterocycles. The Morgan fingerprint density at radius 2 is 1.88 bits per heavy atom. The summed E-state index contributed by atoms with van der Waals surface area (Å²) in [6.07, 6.45) is 3.28. The Kier molecular flexibility index (Phi) is 9.07. The standard InChI is InChI=1S/C17H24ClNO4S.C2H6/c1-12-11-16(13(2)10-15(12)18)24(21,22)19-9-5-4-6-14(19)7-8-17(20)23-3;1-2/h10-11,14H,4-9H2,1-3H3;1-2H3. The topological polar surface area (TPSA) is 63.7 Å². The summed E-state index contributed by atoms with van der Waals surface area (Å²) in [5, 5.41) is 0.562. The molecule has 0 N–H and O–H groups in total. The van der Waals surface area contributed by atoms with Crippen LogP contribution in [-0.2, 0) is 19.6 Å². The van der Waals surface area contributed by atoms with Crippen LogP contribution in [0.15, 0.2) is 17.0 Å². The zero-order chi connectivity index (χ0) is 19.9. The number of piperidine rings is 1. The van der Waals surface area contributed by atoms with Crippen molar-refractivity contribution in [2.24, 2.45) is 0 Å². The number of halogens is 1. The molecule has 1 fully saturated rings. The molecule has 26 heavy (non-hydrogen) atoms. The number of carbonyl (C=O) groups is 1. The fourth-order valence-electron chi connectivity index (χ4n) is 3.12. The summed E-state index contributed by atoms with van der Waals surface area (Å²) in [6.45, 7) is 8.03. The maximum atomic E-state index is 13.2. The van der Waals surface area contributed by atoms with Crippen LogP contribution in [0.3, 0.4) is 0 Å². The minimum Gasteiger partial charge on any atom is -0.469 e. The second kappa shape index (κ2) is 10.3. The molecule has 5 nitrogen and oxygen atoms in total. The fourth-order valence-corrected chi connectivity index (χ4v) is 5.36. The number of carbonyl (C=O) groups excluding carboxylic acids is 1. The van der Waals surface area contributed by atoms with Crippen LogP contribution in [0.4, 0.5) is 0 Å². The number of esters is 1. The Balaban J connectivity index is 0.00000163. The van der Waals surface area contributed by atoms with E-state index in [0.29, 0.717) is 28.4 Å². The highest BCUT2D eigenvalue weighted by Gasteiger charge is 2.34. The number of rotatable bonds is 5. The van der Waals surface area contributed by atoms with Crippen molar-refractivity contribution in [3.05, 3.63) is 28.3 Å². The largest absolute Gasteiger partial charge is 0.469 e. The monoisotopic (exact) mass is 403 g/mol. The lowest BCUT2D eigenvalue weighted by Gasteiger charge is -2.35. The van der Waals surface area contributed by atoms with Crippen molar-refractivity contribution in [1.29, 1.82) is 0 Å². The first kappa shape index (κ1) is 22.9. The third-order valence-corrected chi connectivity index (χ3v) is 7.03. The predicted octanol–water partition coefficient (Wildman–Crippen LogP) is 4.48. The van der Waals surface area contributed by atoms with E-state index in [9.17, 15) is 13.2 Å². The van der Waals surface area contributed by atoms with Gasteiger partial charge in [0, 0.05) is 24.0 Å². The van der Waals surface area contributed by atoms with Gasteiger partial charge in [0.25, 0.3) is 0 Å². The van der Waals surface area contributed by atoms with Gasteiger partial charge in [-0.25, -0.2) is 8.42 Å². The van der Waals surface area contributed by atoms with E-state index in [1.807, 2.05) is 13.8 Å². The van der Waals surface area contributed by atoms with E-state index in [4.69, 9.17) is 11.6 Å². The Morgan fingerprint density at radius 3 is 2.50 bits per heavy atom. The zero-order valence-electron chi connectivity index (χ0n) is 16.3. The van der Waals surface area contributed by atoms with Gasteiger partial charge in [-0.3, -0.25) is 4.79 Å². The molecule has 1 saturated heterocycles. The molecule has 1 aliphatic rings. The second-order valence-corrected chi connectivity index (χ2v) is 8.51. The molecular weight excluding hydrogens is 374 g/mol. The fraction of sp³-hybridized carbons (Fsp3) is 0.632. The third kappa shape index (κ3) is 5.44. The van der Waals surface area contributed by atoms with E-state index >= 15 is 0 Å². The van der Waals surface area contributed by atoms with Gasteiger partial charge in [-0.15, -0.1) is 0 Å². The van der Waals surface area contributed by atoms with Gasteiger partial charge in [0.1, 0.15) is 0 Å². The summed E-state index contributed by atoms with van der Waals surface area (Å²) in [4.78, 5) is 11.7. The van der Waals surface area contributed by atoms with Gasteiger partial charge in [-0.05, 0) is 56.4 Å². The van der Waals surface area contributed by atoms with E-state index < -0.39 is 10.0 Å². The molecule has 0 spiro atoms. The lowest BCUT2D eigenvalue weighted by Crippen LogP contribution is -2.44. The smallest absolute Gasteiger partial charge is 0.305 e. The molecule has 1 unspecified atom stereocenters. The highest BCUT2D eigenvalue weighted by molar-refractivity contribution is 7.89. The molecule has 0 saturated carbocycles. The molecule has 148 valence electrons. The second-order valence-electron chi connectivity index (χ2n) is 6.25. The van der Waals surface area contributed by atoms with Crippen LogP contribution < -0.4 is 0 Å². The van der Waals surface area contributed by atoms with Crippen LogP contribution in [0.5, 0.6) is 0 Å². The molecular formula is C19H30ClNO4S. The number of methoxy groups -OCH3 is 1. The van der Waals surface area contributed by atoms with Crippen LogP contribution in [0.1, 0.15) is 57.1 Å². The number of ether oxygens (including phenoxy) is 1. The maximum Gasteiger partial charge on any atom is 0.305 e. The summed E-state index contributed by atoms with van der Waals surface area (Å²) in [6, 6.07) is 3.16. The van der Waals surface area contributed by atoms with Crippen molar-refractivity contribution in [2.75, 3.05) is 13.7 Å². The average molecular weight is 404 g/mol. The van der Waals surface area contributed by atoms with Crippen molar-refractivity contribution in [2.45, 2.75) is 70.7 Å². The normalized spacial score (nSPS) is 18.0. The molecule has 1 aromatic rings. The van der Waals surface area contributed by atoms with Gasteiger partial charge in [-0.2, -0.15) is 4.31 Å². The van der Waals surface area contributed by atoms with Crippen molar-refractivity contribution in [1.82, 2.24) is 4.31 Å². The number of nitrogens with zero attached hydrogens (tertiary/aromatic N) is 1. The molecule has 0 aliphatic carbocycles. The Labute approximate surface area is 162 Å². The Morgan fingerprint density at radius 1 is 1.23 bits per heavy atom. The number of benzene rings is 1.